The second-order valence-corrected chi connectivity index (χ2v) is 5.97. The zero-order valence-electron chi connectivity index (χ0n) is 11.9. The van der Waals surface area contributed by atoms with Gasteiger partial charge in [-0.3, -0.25) is 0 Å². The van der Waals surface area contributed by atoms with Crippen molar-refractivity contribution in [1.82, 2.24) is 9.97 Å². The minimum Gasteiger partial charge on any atom is -0.337 e. The number of nitrogens with zero attached hydrogens (tertiary/aromatic N) is 1. The van der Waals surface area contributed by atoms with Gasteiger partial charge in [0.15, 0.2) is 10.5 Å². The molecule has 0 saturated heterocycles. The molecule has 3 nitrogen and oxygen atoms in total. The lowest BCUT2D eigenvalue weighted by atomic mass is 9.90. The Labute approximate surface area is 129 Å². The van der Waals surface area contributed by atoms with Crippen molar-refractivity contribution in [3.63, 3.8) is 0 Å². The summed E-state index contributed by atoms with van der Waals surface area (Å²) in [5.41, 5.74) is 6.00. The number of rotatable bonds is 3. The zero-order chi connectivity index (χ0) is 14.8. The van der Waals surface area contributed by atoms with Gasteiger partial charge in [0.2, 0.25) is 0 Å². The van der Waals surface area contributed by atoms with Gasteiger partial charge in [-0.25, -0.2) is 4.85 Å². The Morgan fingerprint density at radius 1 is 1.33 bits per heavy atom. The maximum absolute atomic E-state index is 7.05. The molecular weight excluding hydrogens is 278 g/mol. The average molecular weight is 295 g/mol. The summed E-state index contributed by atoms with van der Waals surface area (Å²) in [6.07, 6.45) is 5.27. The first-order valence-electron chi connectivity index (χ1n) is 7.11. The van der Waals surface area contributed by atoms with E-state index >= 15 is 0 Å². The van der Waals surface area contributed by atoms with Gasteiger partial charge in [0.1, 0.15) is 0 Å². The van der Waals surface area contributed by atoms with Gasteiger partial charge in [0.05, 0.1) is 6.57 Å². The van der Waals surface area contributed by atoms with Crippen molar-refractivity contribution < 1.29 is 0 Å². The zero-order valence-corrected chi connectivity index (χ0v) is 12.8. The number of H-pyrrole nitrogens is 2. The molecule has 3 rings (SSSR count). The predicted molar refractivity (Wildman–Crippen MR) is 87.7 cm³/mol. The van der Waals surface area contributed by atoms with E-state index in [4.69, 9.17) is 18.8 Å². The van der Waals surface area contributed by atoms with E-state index in [0.717, 1.165) is 18.5 Å². The van der Waals surface area contributed by atoms with E-state index in [-0.39, 0.29) is 0 Å². The molecule has 2 N–H and O–H groups in total. The number of imidazole rings is 1. The molecule has 1 unspecified atom stereocenters. The highest BCUT2D eigenvalue weighted by Crippen LogP contribution is 2.40. The Morgan fingerprint density at radius 3 is 2.71 bits per heavy atom. The van der Waals surface area contributed by atoms with E-state index in [1.165, 1.54) is 23.1 Å². The van der Waals surface area contributed by atoms with Gasteiger partial charge < -0.3 is 9.97 Å². The van der Waals surface area contributed by atoms with E-state index in [0.29, 0.717) is 16.4 Å². The van der Waals surface area contributed by atoms with Crippen LogP contribution < -0.4 is 0 Å². The highest BCUT2D eigenvalue weighted by Gasteiger charge is 2.25. The number of hydrogen-bond donors (Lipinski definition) is 2. The predicted octanol–water partition coefficient (Wildman–Crippen LogP) is 5.05. The summed E-state index contributed by atoms with van der Waals surface area (Å²) in [6, 6.07) is 7.96. The van der Waals surface area contributed by atoms with E-state index in [1.807, 2.05) is 18.3 Å². The molecule has 0 bridgehead atoms. The fraction of sp³-hybridized carbons (Fsp3) is 0.294. The monoisotopic (exact) mass is 295 g/mol. The van der Waals surface area contributed by atoms with Crippen molar-refractivity contribution in [2.45, 2.75) is 26.2 Å². The molecule has 1 aliphatic carbocycles. The number of nitrogens with one attached hydrogen (secondary N) is 2. The number of hydrogen-bond acceptors (Lipinski definition) is 1. The normalized spacial score (nSPS) is 18.0. The summed E-state index contributed by atoms with van der Waals surface area (Å²) < 4.78 is 0.687. The molecule has 1 atom stereocenters. The highest BCUT2D eigenvalue weighted by molar-refractivity contribution is 7.71. The molecule has 0 radical (unpaired) electrons. The molecule has 0 fully saturated rings. The number of aromatic nitrogens is 2. The summed E-state index contributed by atoms with van der Waals surface area (Å²) in [7, 11) is 0. The number of aromatic amines is 2. The van der Waals surface area contributed by atoms with Gasteiger partial charge in [-0.05, 0) is 55.5 Å². The smallest absolute Gasteiger partial charge is 0.187 e. The Morgan fingerprint density at radius 2 is 2.10 bits per heavy atom. The fourth-order valence-corrected chi connectivity index (χ4v) is 3.36. The second kappa shape index (κ2) is 5.71. The lowest BCUT2D eigenvalue weighted by Crippen LogP contribution is -2.04. The van der Waals surface area contributed by atoms with E-state index in [1.54, 1.807) is 0 Å². The van der Waals surface area contributed by atoms with Crippen LogP contribution in [0.3, 0.4) is 0 Å². The average Bonchev–Trinajstić information content (AvgIpc) is 3.06. The van der Waals surface area contributed by atoms with Crippen LogP contribution >= 0.6 is 12.2 Å². The summed E-state index contributed by atoms with van der Waals surface area (Å²) >= 11 is 5.10. The molecule has 1 aromatic heterocycles. The molecule has 0 aliphatic heterocycles. The van der Waals surface area contributed by atoms with Crippen LogP contribution in [0.1, 0.15) is 31.0 Å². The summed E-state index contributed by atoms with van der Waals surface area (Å²) in [6.45, 7) is 9.27. The van der Waals surface area contributed by atoms with Crippen LogP contribution in [0.15, 0.2) is 36.0 Å². The van der Waals surface area contributed by atoms with Crippen LogP contribution in [-0.2, 0) is 6.42 Å². The summed E-state index contributed by atoms with van der Waals surface area (Å²) in [4.78, 5) is 9.70. The Balaban J connectivity index is 1.88. The van der Waals surface area contributed by atoms with Crippen molar-refractivity contribution in [1.29, 1.82) is 0 Å². The van der Waals surface area contributed by atoms with Gasteiger partial charge in [0, 0.05) is 11.9 Å². The first-order valence-corrected chi connectivity index (χ1v) is 7.52. The van der Waals surface area contributed by atoms with Crippen molar-refractivity contribution in [2.75, 3.05) is 0 Å². The topological polar surface area (TPSA) is 35.9 Å². The second-order valence-electron chi connectivity index (χ2n) is 5.56. The quantitative estimate of drug-likeness (QED) is 0.603. The molecule has 0 saturated carbocycles. The van der Waals surface area contributed by atoms with E-state index in [2.05, 4.69) is 33.9 Å². The number of allylic oxidation sites excluding steroid dienone is 2. The Hall–Kier alpha value is -2.12. The maximum Gasteiger partial charge on any atom is 0.187 e. The first-order chi connectivity index (χ1) is 10.2. The Bertz CT molecular complexity index is 771. The van der Waals surface area contributed by atoms with Gasteiger partial charge in [-0.15, -0.1) is 0 Å². The van der Waals surface area contributed by atoms with E-state index < -0.39 is 0 Å². The molecular formula is C17H17N3S. The fourth-order valence-electron chi connectivity index (χ4n) is 3.17. The third kappa shape index (κ3) is 2.84. The van der Waals surface area contributed by atoms with Crippen LogP contribution in [0.4, 0.5) is 5.69 Å². The molecule has 2 aromatic rings. The third-order valence-corrected chi connectivity index (χ3v) is 4.38. The maximum atomic E-state index is 7.05. The summed E-state index contributed by atoms with van der Waals surface area (Å²) in [5.74, 6) is 0.519. The van der Waals surface area contributed by atoms with Crippen LogP contribution in [0.5, 0.6) is 0 Å². The van der Waals surface area contributed by atoms with Crippen LogP contribution in [0.2, 0.25) is 0 Å². The van der Waals surface area contributed by atoms with Crippen molar-refractivity contribution in [3.8, 4) is 0 Å². The van der Waals surface area contributed by atoms with Crippen LogP contribution in [0.25, 0.3) is 10.4 Å². The molecule has 4 heteroatoms. The molecule has 21 heavy (non-hydrogen) atoms. The lowest BCUT2D eigenvalue weighted by molar-refractivity contribution is 0.632. The molecule has 1 heterocycles. The third-order valence-electron chi connectivity index (χ3n) is 4.16. The van der Waals surface area contributed by atoms with Crippen LogP contribution in [0, 0.1) is 17.3 Å². The molecule has 106 valence electrons. The largest absolute Gasteiger partial charge is 0.337 e. The molecule has 0 amide bonds. The van der Waals surface area contributed by atoms with Crippen LogP contribution in [-0.4, -0.2) is 9.97 Å². The highest BCUT2D eigenvalue weighted by atomic mass is 32.1. The minimum atomic E-state index is 0.519. The van der Waals surface area contributed by atoms with Gasteiger partial charge in [0.25, 0.3) is 0 Å². The minimum absolute atomic E-state index is 0.519. The van der Waals surface area contributed by atoms with Crippen molar-refractivity contribution in [3.05, 3.63) is 63.5 Å². The van der Waals surface area contributed by atoms with Crippen molar-refractivity contribution in [2.24, 2.45) is 5.92 Å². The SMILES string of the molecule is [C-]#[N+]c1ccc(C2=C(C)CCC2Cc2c[nH]c(=S)[nH]2)cc1. The lowest BCUT2D eigenvalue weighted by Gasteiger charge is -2.15. The Kier molecular flexibility index (Phi) is 3.76. The molecule has 1 aromatic carbocycles. The first kappa shape index (κ1) is 13.8. The number of benzene rings is 1. The summed E-state index contributed by atoms with van der Waals surface area (Å²) in [5, 5.41) is 0. The van der Waals surface area contributed by atoms with E-state index in [9.17, 15) is 0 Å². The van der Waals surface area contributed by atoms with Gasteiger partial charge in [-0.1, -0.05) is 29.8 Å². The van der Waals surface area contributed by atoms with Gasteiger partial charge >= 0.3 is 0 Å². The van der Waals surface area contributed by atoms with Crippen molar-refractivity contribution >= 4 is 23.5 Å². The standard InChI is InChI=1S/C17H17N3S/c1-11-3-4-13(9-15-10-19-17(21)20-15)16(11)12-5-7-14(18-2)8-6-12/h5-8,10,13H,3-4,9H2,1H3,(H2,19,20,21). The van der Waals surface area contributed by atoms with Gasteiger partial charge in [-0.2, -0.15) is 0 Å². The molecule has 0 spiro atoms. The molecule has 1 aliphatic rings.